The van der Waals surface area contributed by atoms with Gasteiger partial charge in [0, 0.05) is 6.21 Å². The van der Waals surface area contributed by atoms with Crippen LogP contribution in [-0.2, 0) is 0 Å². The van der Waals surface area contributed by atoms with E-state index < -0.39 is 13.2 Å². The van der Waals surface area contributed by atoms with Crippen molar-refractivity contribution in [2.45, 2.75) is 0 Å². The van der Waals surface area contributed by atoms with Gasteiger partial charge >= 0.3 is 5.97 Å². The molecule has 0 aliphatic rings. The molecule has 4 aromatic carbocycles. The van der Waals surface area contributed by atoms with Crippen molar-refractivity contribution in [3.63, 3.8) is 0 Å². The van der Waals surface area contributed by atoms with Crippen molar-refractivity contribution in [3.05, 3.63) is 121 Å². The summed E-state index contributed by atoms with van der Waals surface area (Å²) < 4.78 is 0. The predicted molar refractivity (Wildman–Crippen MR) is 132 cm³/mol. The first kappa shape index (κ1) is 20.7. The minimum atomic E-state index is -1.96. The summed E-state index contributed by atoms with van der Waals surface area (Å²) in [6.07, 6.45) is 2.75. The monoisotopic (exact) mass is 424 g/mol. The van der Waals surface area contributed by atoms with Gasteiger partial charge in [0.15, 0.2) is 0 Å². The topological polar surface area (TPSA) is 49.7 Å². The Labute approximate surface area is 183 Å². The van der Waals surface area contributed by atoms with E-state index in [2.05, 4.69) is 77.8 Å². The van der Waals surface area contributed by atoms with E-state index in [1.54, 1.807) is 24.3 Å². The molecule has 0 amide bonds. The summed E-state index contributed by atoms with van der Waals surface area (Å²) in [4.78, 5) is 15.8. The number of rotatable bonds is 7. The molecule has 0 spiro atoms. The van der Waals surface area contributed by atoms with Crippen LogP contribution in [0.2, 0.25) is 0 Å². The zero-order valence-electron chi connectivity index (χ0n) is 17.0. The Morgan fingerprint density at radius 2 is 1.10 bits per heavy atom. The Morgan fingerprint density at radius 3 is 1.48 bits per heavy atom. The van der Waals surface area contributed by atoms with Crippen molar-refractivity contribution >= 4 is 41.0 Å². The Morgan fingerprint density at radius 1 is 0.677 bits per heavy atom. The third-order valence-electron chi connectivity index (χ3n) is 5.30. The SMILES string of the molecule is O=C(O)c1ccc(N=CC[P+](c2ccccc2)(c2ccccc2)c2ccccc2)cc1. The highest BCUT2D eigenvalue weighted by Gasteiger charge is 2.44. The largest absolute Gasteiger partial charge is 0.478 e. The molecule has 4 aromatic rings. The lowest BCUT2D eigenvalue weighted by atomic mass is 10.2. The van der Waals surface area contributed by atoms with Crippen LogP contribution in [0.4, 0.5) is 5.69 Å². The van der Waals surface area contributed by atoms with Crippen molar-refractivity contribution in [2.24, 2.45) is 4.99 Å². The first-order chi connectivity index (χ1) is 15.2. The number of aliphatic imine (C=N–C) groups is 1. The van der Waals surface area contributed by atoms with E-state index in [-0.39, 0.29) is 5.56 Å². The van der Waals surface area contributed by atoms with E-state index in [1.165, 1.54) is 15.9 Å². The molecule has 31 heavy (non-hydrogen) atoms. The smallest absolute Gasteiger partial charge is 0.335 e. The minimum absolute atomic E-state index is 0.263. The molecule has 0 aliphatic carbocycles. The molecule has 152 valence electrons. The van der Waals surface area contributed by atoms with Gasteiger partial charge in [-0.05, 0) is 60.7 Å². The highest BCUT2D eigenvalue weighted by Crippen LogP contribution is 2.54. The van der Waals surface area contributed by atoms with Crippen molar-refractivity contribution < 1.29 is 9.90 Å². The van der Waals surface area contributed by atoms with Crippen molar-refractivity contribution in [1.29, 1.82) is 0 Å². The summed E-state index contributed by atoms with van der Waals surface area (Å²) in [6, 6.07) is 38.6. The van der Waals surface area contributed by atoms with Gasteiger partial charge in [-0.1, -0.05) is 54.6 Å². The van der Waals surface area contributed by atoms with E-state index in [0.717, 1.165) is 11.8 Å². The van der Waals surface area contributed by atoms with Gasteiger partial charge in [-0.25, -0.2) is 4.79 Å². The highest BCUT2D eigenvalue weighted by molar-refractivity contribution is 7.96. The Balaban J connectivity index is 1.79. The fourth-order valence-corrected chi connectivity index (χ4v) is 7.67. The van der Waals surface area contributed by atoms with Crippen LogP contribution in [0.3, 0.4) is 0 Å². The lowest BCUT2D eigenvalue weighted by Gasteiger charge is -2.26. The fraction of sp³-hybridized carbons (Fsp3) is 0.0370. The molecule has 0 bridgehead atoms. The molecule has 0 heterocycles. The van der Waals surface area contributed by atoms with E-state index in [4.69, 9.17) is 5.11 Å². The lowest BCUT2D eigenvalue weighted by molar-refractivity contribution is 0.0697. The molecular weight excluding hydrogens is 401 g/mol. The number of aromatic carboxylic acids is 1. The van der Waals surface area contributed by atoms with Gasteiger partial charge in [-0.2, -0.15) is 0 Å². The van der Waals surface area contributed by atoms with E-state index in [1.807, 2.05) is 24.4 Å². The first-order valence-corrected chi connectivity index (χ1v) is 12.1. The van der Waals surface area contributed by atoms with Crippen LogP contribution < -0.4 is 15.9 Å². The second-order valence-electron chi connectivity index (χ2n) is 7.16. The molecule has 0 saturated heterocycles. The maximum Gasteiger partial charge on any atom is 0.335 e. The molecule has 0 aliphatic heterocycles. The maximum absolute atomic E-state index is 11.1. The Hall–Kier alpha value is -3.55. The molecule has 0 aromatic heterocycles. The van der Waals surface area contributed by atoms with Gasteiger partial charge in [-0.15, -0.1) is 0 Å². The normalized spacial score (nSPS) is 11.5. The number of carboxylic acids is 1. The summed E-state index contributed by atoms with van der Waals surface area (Å²) in [6.45, 7) is 0. The van der Waals surface area contributed by atoms with Gasteiger partial charge in [0.05, 0.1) is 11.3 Å². The first-order valence-electron chi connectivity index (χ1n) is 10.1. The summed E-state index contributed by atoms with van der Waals surface area (Å²) in [5.41, 5.74) is 1.01. The van der Waals surface area contributed by atoms with E-state index in [0.29, 0.717) is 0 Å². The van der Waals surface area contributed by atoms with Crippen molar-refractivity contribution in [1.82, 2.24) is 0 Å². The predicted octanol–water partition coefficient (Wildman–Crippen LogP) is 5.08. The van der Waals surface area contributed by atoms with Crippen LogP contribution in [0.5, 0.6) is 0 Å². The molecule has 0 atom stereocenters. The maximum atomic E-state index is 11.1. The third kappa shape index (κ3) is 4.47. The average molecular weight is 424 g/mol. The summed E-state index contributed by atoms with van der Waals surface area (Å²) >= 11 is 0. The molecule has 0 fully saturated rings. The molecule has 4 heteroatoms. The Kier molecular flexibility index (Phi) is 6.35. The second-order valence-corrected chi connectivity index (χ2v) is 10.7. The summed E-state index contributed by atoms with van der Waals surface area (Å²) in [5.74, 6) is -0.933. The molecule has 0 unspecified atom stereocenters. The zero-order valence-corrected chi connectivity index (χ0v) is 17.9. The van der Waals surface area contributed by atoms with Crippen LogP contribution in [0.25, 0.3) is 0 Å². The van der Waals surface area contributed by atoms with Crippen LogP contribution in [0, 0.1) is 0 Å². The fourth-order valence-electron chi connectivity index (χ4n) is 3.77. The summed E-state index contributed by atoms with van der Waals surface area (Å²) in [7, 11) is -1.96. The van der Waals surface area contributed by atoms with Gasteiger partial charge in [-0.3, -0.25) is 4.99 Å². The molecular formula is C27H23NO2P+. The van der Waals surface area contributed by atoms with Gasteiger partial charge in [0.1, 0.15) is 29.3 Å². The van der Waals surface area contributed by atoms with Crippen LogP contribution in [-0.4, -0.2) is 23.5 Å². The zero-order chi connectivity index (χ0) is 21.5. The van der Waals surface area contributed by atoms with Crippen LogP contribution in [0.1, 0.15) is 10.4 Å². The number of hydrogen-bond acceptors (Lipinski definition) is 2. The van der Waals surface area contributed by atoms with Gasteiger partial charge in [0.2, 0.25) is 0 Å². The average Bonchev–Trinajstić information content (AvgIpc) is 2.84. The highest BCUT2D eigenvalue weighted by atomic mass is 31.2. The number of carbonyl (C=O) groups is 1. The molecule has 0 saturated carbocycles. The lowest BCUT2D eigenvalue weighted by Crippen LogP contribution is -2.33. The van der Waals surface area contributed by atoms with Crippen molar-refractivity contribution in [3.8, 4) is 0 Å². The van der Waals surface area contributed by atoms with Crippen molar-refractivity contribution in [2.75, 3.05) is 6.16 Å². The molecule has 1 N–H and O–H groups in total. The number of hydrogen-bond donors (Lipinski definition) is 1. The molecule has 4 rings (SSSR count). The minimum Gasteiger partial charge on any atom is -0.478 e. The van der Waals surface area contributed by atoms with Crippen LogP contribution in [0.15, 0.2) is 120 Å². The quantitative estimate of drug-likeness (QED) is 0.332. The number of benzene rings is 4. The van der Waals surface area contributed by atoms with Gasteiger partial charge in [0.25, 0.3) is 0 Å². The molecule has 3 nitrogen and oxygen atoms in total. The number of nitrogens with zero attached hydrogens (tertiary/aromatic N) is 1. The van der Waals surface area contributed by atoms with E-state index in [9.17, 15) is 4.79 Å². The third-order valence-corrected chi connectivity index (χ3v) is 9.55. The second kappa shape index (κ2) is 9.51. The Bertz CT molecular complexity index is 1060. The molecule has 0 radical (unpaired) electrons. The van der Waals surface area contributed by atoms with Crippen LogP contribution >= 0.6 is 7.26 Å². The number of carboxylic acid groups (broad SMARTS) is 1. The summed E-state index contributed by atoms with van der Waals surface area (Å²) in [5, 5.41) is 13.0. The van der Waals surface area contributed by atoms with Gasteiger partial charge < -0.3 is 5.11 Å². The van der Waals surface area contributed by atoms with E-state index >= 15 is 0 Å². The standard InChI is InChI=1S/C27H22NO2P/c29-27(30)22-16-18-23(19-17-22)28-20-21-31(24-10-4-1-5-11-24,25-12-6-2-7-13-25)26-14-8-3-9-15-26/h1-20H,21H2/p+1.